The van der Waals surface area contributed by atoms with Crippen LogP contribution in [0.25, 0.3) is 0 Å². The second-order valence-corrected chi connectivity index (χ2v) is 5.73. The van der Waals surface area contributed by atoms with E-state index >= 15 is 0 Å². The number of benzene rings is 1. The summed E-state index contributed by atoms with van der Waals surface area (Å²) in [4.78, 5) is 11.8. The van der Waals surface area contributed by atoms with E-state index in [2.05, 4.69) is 0 Å². The summed E-state index contributed by atoms with van der Waals surface area (Å²) in [5.41, 5.74) is -0.303. The fourth-order valence-corrected chi connectivity index (χ4v) is 2.76. The maximum atomic E-state index is 12.7. The fourth-order valence-electron chi connectivity index (χ4n) is 2.09. The van der Waals surface area contributed by atoms with Crippen molar-refractivity contribution in [2.45, 2.75) is 24.9 Å². The van der Waals surface area contributed by atoms with Crippen molar-refractivity contribution in [2.24, 2.45) is 5.92 Å². The predicted octanol–water partition coefficient (Wildman–Crippen LogP) is 3.98. The van der Waals surface area contributed by atoms with Crippen LogP contribution in [0.1, 0.15) is 29.9 Å². The predicted molar refractivity (Wildman–Crippen MR) is 71.6 cm³/mol. The Morgan fingerprint density at radius 2 is 2.05 bits per heavy atom. The number of methoxy groups -OCH3 is 1. The summed E-state index contributed by atoms with van der Waals surface area (Å²) in [6.45, 7) is 0. The summed E-state index contributed by atoms with van der Waals surface area (Å²) in [6.07, 6.45) is -2.69. The molecule has 1 saturated carbocycles. The number of hydrogen-bond acceptors (Lipinski definition) is 2. The molecule has 19 heavy (non-hydrogen) atoms. The average molecular weight is 384 g/mol. The number of halogens is 4. The standard InChI is InChI=1S/C13H12F3IO2/c1-19-12(18)11(7-2-3-7)9-6-8(13(14,15)16)4-5-10(9)17/h4-7,11H,2-3H2,1H3. The molecule has 1 aromatic carbocycles. The lowest BCUT2D eigenvalue weighted by molar-refractivity contribution is -0.143. The summed E-state index contributed by atoms with van der Waals surface area (Å²) in [5.74, 6) is -0.941. The van der Waals surface area contributed by atoms with Gasteiger partial charge in [0.1, 0.15) is 0 Å². The number of ether oxygens (including phenoxy) is 1. The van der Waals surface area contributed by atoms with Gasteiger partial charge in [0.15, 0.2) is 0 Å². The molecule has 0 spiro atoms. The quantitative estimate of drug-likeness (QED) is 0.582. The lowest BCUT2D eigenvalue weighted by Gasteiger charge is -2.18. The lowest BCUT2D eigenvalue weighted by Crippen LogP contribution is -2.18. The van der Waals surface area contributed by atoms with E-state index in [-0.39, 0.29) is 5.92 Å². The first-order chi connectivity index (χ1) is 8.84. The van der Waals surface area contributed by atoms with Crippen molar-refractivity contribution in [1.82, 2.24) is 0 Å². The van der Waals surface area contributed by atoms with Crippen LogP contribution in [-0.2, 0) is 15.7 Å². The Labute approximate surface area is 122 Å². The van der Waals surface area contributed by atoms with Crippen molar-refractivity contribution in [2.75, 3.05) is 7.11 Å². The number of alkyl halides is 3. The van der Waals surface area contributed by atoms with Crippen LogP contribution in [0.2, 0.25) is 0 Å². The maximum absolute atomic E-state index is 12.7. The zero-order valence-electron chi connectivity index (χ0n) is 10.1. The normalized spacial score (nSPS) is 17.1. The van der Waals surface area contributed by atoms with E-state index in [0.717, 1.165) is 25.0 Å². The van der Waals surface area contributed by atoms with Crippen LogP contribution >= 0.6 is 22.6 Å². The van der Waals surface area contributed by atoms with E-state index in [4.69, 9.17) is 4.74 Å². The third-order valence-corrected chi connectivity index (χ3v) is 4.19. The molecule has 0 aliphatic heterocycles. The molecule has 1 aliphatic carbocycles. The number of carbonyl (C=O) groups is 1. The Hall–Kier alpha value is -0.790. The minimum absolute atomic E-state index is 0.101. The highest BCUT2D eigenvalue weighted by Gasteiger charge is 2.40. The van der Waals surface area contributed by atoms with Gasteiger partial charge in [-0.15, -0.1) is 0 Å². The maximum Gasteiger partial charge on any atom is 0.416 e. The summed E-state index contributed by atoms with van der Waals surface area (Å²) in [6, 6.07) is 3.51. The van der Waals surface area contributed by atoms with Crippen molar-refractivity contribution in [3.63, 3.8) is 0 Å². The van der Waals surface area contributed by atoms with Gasteiger partial charge in [-0.1, -0.05) is 0 Å². The fraction of sp³-hybridized carbons (Fsp3) is 0.462. The van der Waals surface area contributed by atoms with Gasteiger partial charge >= 0.3 is 12.1 Å². The highest BCUT2D eigenvalue weighted by atomic mass is 127. The first-order valence-corrected chi connectivity index (χ1v) is 6.87. The third-order valence-electron chi connectivity index (χ3n) is 3.21. The van der Waals surface area contributed by atoms with Crippen molar-refractivity contribution >= 4 is 28.6 Å². The molecule has 0 radical (unpaired) electrons. The summed E-state index contributed by atoms with van der Waals surface area (Å²) < 4.78 is 43.6. The first kappa shape index (κ1) is 14.6. The summed E-state index contributed by atoms with van der Waals surface area (Å²) in [5, 5.41) is 0. The van der Waals surface area contributed by atoms with Gasteiger partial charge in [0, 0.05) is 3.57 Å². The van der Waals surface area contributed by atoms with E-state index in [0.29, 0.717) is 9.13 Å². The minimum Gasteiger partial charge on any atom is -0.469 e. The number of hydrogen-bond donors (Lipinski definition) is 0. The van der Waals surface area contributed by atoms with E-state index in [9.17, 15) is 18.0 Å². The molecule has 0 amide bonds. The molecule has 1 atom stereocenters. The molecule has 0 aromatic heterocycles. The van der Waals surface area contributed by atoms with Crippen LogP contribution < -0.4 is 0 Å². The first-order valence-electron chi connectivity index (χ1n) is 5.79. The Bertz CT molecular complexity index is 495. The minimum atomic E-state index is -4.40. The van der Waals surface area contributed by atoms with Crippen molar-refractivity contribution < 1.29 is 22.7 Å². The van der Waals surface area contributed by atoms with Crippen LogP contribution in [-0.4, -0.2) is 13.1 Å². The van der Waals surface area contributed by atoms with Crippen LogP contribution in [0.3, 0.4) is 0 Å². The zero-order chi connectivity index (χ0) is 14.2. The monoisotopic (exact) mass is 384 g/mol. The Kier molecular flexibility index (Phi) is 4.08. The van der Waals surface area contributed by atoms with E-state index < -0.39 is 23.6 Å². The number of carbonyl (C=O) groups excluding carboxylic acids is 1. The highest BCUT2D eigenvalue weighted by molar-refractivity contribution is 14.1. The third kappa shape index (κ3) is 3.21. The van der Waals surface area contributed by atoms with Gasteiger partial charge in [-0.05, 0) is 65.1 Å². The molecule has 1 fully saturated rings. The molecule has 6 heteroatoms. The van der Waals surface area contributed by atoms with Gasteiger partial charge in [-0.2, -0.15) is 13.2 Å². The SMILES string of the molecule is COC(=O)C(c1cc(C(F)(F)F)ccc1I)C1CC1. The molecule has 0 N–H and O–H groups in total. The summed E-state index contributed by atoms with van der Waals surface area (Å²) in [7, 11) is 1.26. The van der Waals surface area contributed by atoms with E-state index in [1.54, 1.807) is 0 Å². The van der Waals surface area contributed by atoms with Crippen molar-refractivity contribution in [1.29, 1.82) is 0 Å². The van der Waals surface area contributed by atoms with Gasteiger partial charge < -0.3 is 4.74 Å². The molecular formula is C13H12F3IO2. The van der Waals surface area contributed by atoms with Gasteiger partial charge in [-0.25, -0.2) is 0 Å². The average Bonchev–Trinajstić information content (AvgIpc) is 3.14. The Morgan fingerprint density at radius 3 is 2.53 bits per heavy atom. The summed E-state index contributed by atoms with van der Waals surface area (Å²) >= 11 is 1.96. The zero-order valence-corrected chi connectivity index (χ0v) is 12.3. The van der Waals surface area contributed by atoms with Crippen LogP contribution in [0, 0.1) is 9.49 Å². The second kappa shape index (κ2) is 5.30. The Morgan fingerprint density at radius 1 is 1.42 bits per heavy atom. The van der Waals surface area contributed by atoms with Crippen LogP contribution in [0.15, 0.2) is 18.2 Å². The number of esters is 1. The van der Waals surface area contributed by atoms with Crippen molar-refractivity contribution in [3.05, 3.63) is 32.9 Å². The molecule has 0 bridgehead atoms. The van der Waals surface area contributed by atoms with Crippen molar-refractivity contribution in [3.8, 4) is 0 Å². The molecular weight excluding hydrogens is 372 g/mol. The van der Waals surface area contributed by atoms with E-state index in [1.165, 1.54) is 13.2 Å². The van der Waals surface area contributed by atoms with Gasteiger partial charge in [0.05, 0.1) is 18.6 Å². The topological polar surface area (TPSA) is 26.3 Å². The van der Waals surface area contributed by atoms with Gasteiger partial charge in [0.2, 0.25) is 0 Å². The molecule has 0 saturated heterocycles. The molecule has 1 unspecified atom stereocenters. The van der Waals surface area contributed by atoms with Crippen LogP contribution in [0.4, 0.5) is 13.2 Å². The number of rotatable bonds is 3. The van der Waals surface area contributed by atoms with Gasteiger partial charge in [0.25, 0.3) is 0 Å². The Balaban J connectivity index is 2.44. The smallest absolute Gasteiger partial charge is 0.416 e. The van der Waals surface area contributed by atoms with Crippen LogP contribution in [0.5, 0.6) is 0 Å². The molecule has 2 rings (SSSR count). The molecule has 0 heterocycles. The van der Waals surface area contributed by atoms with E-state index in [1.807, 2.05) is 22.6 Å². The lowest BCUT2D eigenvalue weighted by atomic mass is 9.93. The second-order valence-electron chi connectivity index (χ2n) is 4.57. The molecule has 1 aromatic rings. The van der Waals surface area contributed by atoms with Gasteiger partial charge in [-0.3, -0.25) is 4.79 Å². The largest absolute Gasteiger partial charge is 0.469 e. The molecule has 1 aliphatic rings. The molecule has 104 valence electrons. The molecule has 2 nitrogen and oxygen atoms in total. The highest BCUT2D eigenvalue weighted by Crippen LogP contribution is 2.45.